The summed E-state index contributed by atoms with van der Waals surface area (Å²) in [6.07, 6.45) is 4.11. The lowest BCUT2D eigenvalue weighted by atomic mass is 9.94. The molecule has 0 aromatic rings. The van der Waals surface area contributed by atoms with E-state index < -0.39 is 0 Å². The fraction of sp³-hybridized carbons (Fsp3) is 0.929. The first-order valence-electron chi connectivity index (χ1n) is 6.92. The van der Waals surface area contributed by atoms with Gasteiger partial charge in [0, 0.05) is 24.5 Å². The molecule has 1 amide bonds. The van der Waals surface area contributed by atoms with Gasteiger partial charge in [-0.3, -0.25) is 4.79 Å². The van der Waals surface area contributed by atoms with E-state index in [2.05, 4.69) is 5.32 Å². The van der Waals surface area contributed by atoms with Crippen molar-refractivity contribution in [3.63, 3.8) is 0 Å². The van der Waals surface area contributed by atoms with Crippen LogP contribution < -0.4 is 5.32 Å². The molecule has 0 heterocycles. The van der Waals surface area contributed by atoms with E-state index in [4.69, 9.17) is 5.11 Å². The number of aliphatic hydroxyl groups is 1. The molecule has 0 aliphatic heterocycles. The summed E-state index contributed by atoms with van der Waals surface area (Å²) >= 11 is 0. The Hall–Kier alpha value is -0.570. The van der Waals surface area contributed by atoms with E-state index in [9.17, 15) is 4.79 Å². The molecular weight excluding hydrogens is 214 g/mol. The molecule has 3 heteroatoms. The predicted octanol–water partition coefficient (Wildman–Crippen LogP) is 1.41. The Balaban J connectivity index is 1.53. The highest BCUT2D eigenvalue weighted by molar-refractivity contribution is 5.82. The number of nitrogens with one attached hydrogen (secondary N) is 1. The van der Waals surface area contributed by atoms with Gasteiger partial charge in [0.15, 0.2) is 0 Å². The third-order valence-electron chi connectivity index (χ3n) is 5.21. The monoisotopic (exact) mass is 237 g/mol. The maximum Gasteiger partial charge on any atom is 0.223 e. The van der Waals surface area contributed by atoms with E-state index in [1.54, 1.807) is 0 Å². The van der Waals surface area contributed by atoms with Crippen LogP contribution in [0.1, 0.15) is 33.1 Å². The largest absolute Gasteiger partial charge is 0.396 e. The summed E-state index contributed by atoms with van der Waals surface area (Å²) in [5, 5.41) is 12.2. The molecule has 0 aromatic carbocycles. The lowest BCUT2D eigenvalue weighted by Crippen LogP contribution is -2.37. The van der Waals surface area contributed by atoms with Crippen LogP contribution in [-0.2, 0) is 4.79 Å². The van der Waals surface area contributed by atoms with Gasteiger partial charge in [0.2, 0.25) is 5.91 Å². The van der Waals surface area contributed by atoms with Crippen LogP contribution in [0.25, 0.3) is 0 Å². The zero-order valence-corrected chi connectivity index (χ0v) is 10.8. The molecule has 3 saturated carbocycles. The fourth-order valence-corrected chi connectivity index (χ4v) is 4.18. The van der Waals surface area contributed by atoms with Crippen molar-refractivity contribution in [1.29, 1.82) is 0 Å². The Labute approximate surface area is 103 Å². The highest BCUT2D eigenvalue weighted by atomic mass is 16.3. The molecule has 0 aromatic heterocycles. The van der Waals surface area contributed by atoms with Crippen LogP contribution >= 0.6 is 0 Å². The maximum atomic E-state index is 12.1. The number of carbonyl (C=O) groups excluding carboxylic acids is 1. The quantitative estimate of drug-likeness (QED) is 0.777. The molecule has 3 aliphatic carbocycles. The van der Waals surface area contributed by atoms with Crippen LogP contribution in [0.5, 0.6) is 0 Å². The number of fused-ring (bicyclic) bond motifs is 5. The van der Waals surface area contributed by atoms with Crippen LogP contribution in [-0.4, -0.2) is 24.2 Å². The molecule has 17 heavy (non-hydrogen) atoms. The van der Waals surface area contributed by atoms with Crippen molar-refractivity contribution in [1.82, 2.24) is 5.32 Å². The minimum Gasteiger partial charge on any atom is -0.396 e. The number of aliphatic hydroxyl groups excluding tert-OH is 1. The summed E-state index contributed by atoms with van der Waals surface area (Å²) in [5.41, 5.74) is -0.196. The van der Waals surface area contributed by atoms with Gasteiger partial charge in [-0.1, -0.05) is 13.8 Å². The highest BCUT2D eigenvalue weighted by Gasteiger charge is 2.67. The van der Waals surface area contributed by atoms with E-state index >= 15 is 0 Å². The first-order valence-corrected chi connectivity index (χ1v) is 6.92. The van der Waals surface area contributed by atoms with E-state index in [0.717, 1.165) is 11.8 Å². The zero-order valence-electron chi connectivity index (χ0n) is 10.8. The van der Waals surface area contributed by atoms with Gasteiger partial charge in [0.05, 0.1) is 0 Å². The van der Waals surface area contributed by atoms with Crippen LogP contribution in [0, 0.1) is 35.0 Å². The molecule has 3 fully saturated rings. The van der Waals surface area contributed by atoms with Gasteiger partial charge < -0.3 is 10.4 Å². The zero-order chi connectivity index (χ0) is 12.2. The van der Waals surface area contributed by atoms with Gasteiger partial charge in [-0.2, -0.15) is 0 Å². The van der Waals surface area contributed by atoms with Crippen LogP contribution in [0.3, 0.4) is 0 Å². The van der Waals surface area contributed by atoms with Crippen molar-refractivity contribution >= 4 is 5.91 Å². The number of hydrogen-bond donors (Lipinski definition) is 2. The van der Waals surface area contributed by atoms with Crippen molar-refractivity contribution in [2.24, 2.45) is 35.0 Å². The summed E-state index contributed by atoms with van der Waals surface area (Å²) < 4.78 is 0. The van der Waals surface area contributed by atoms with Gasteiger partial charge in [0.1, 0.15) is 0 Å². The molecule has 4 atom stereocenters. The van der Waals surface area contributed by atoms with Crippen molar-refractivity contribution < 1.29 is 9.90 Å². The average Bonchev–Trinajstić information content (AvgIpc) is 2.75. The Morgan fingerprint density at radius 2 is 1.88 bits per heavy atom. The molecule has 4 unspecified atom stereocenters. The minimum atomic E-state index is -0.196. The van der Waals surface area contributed by atoms with Crippen molar-refractivity contribution in [3.05, 3.63) is 0 Å². The second-order valence-electron chi connectivity index (χ2n) is 7.05. The normalized spacial score (nSPS) is 42.4. The highest BCUT2D eigenvalue weighted by Crippen LogP contribution is 2.69. The molecule has 96 valence electrons. The number of carbonyl (C=O) groups is 1. The summed E-state index contributed by atoms with van der Waals surface area (Å²) in [7, 11) is 0. The Bertz CT molecular complexity index is 323. The second kappa shape index (κ2) is 3.71. The molecule has 2 N–H and O–H groups in total. The van der Waals surface area contributed by atoms with E-state index in [-0.39, 0.29) is 17.9 Å². The summed E-state index contributed by atoms with van der Waals surface area (Å²) in [6.45, 7) is 4.67. The van der Waals surface area contributed by atoms with Crippen LogP contribution in [0.15, 0.2) is 0 Å². The van der Waals surface area contributed by atoms with Gasteiger partial charge in [-0.25, -0.2) is 0 Å². The van der Waals surface area contributed by atoms with E-state index in [1.807, 2.05) is 13.8 Å². The Morgan fingerprint density at radius 1 is 1.29 bits per heavy atom. The topological polar surface area (TPSA) is 49.3 Å². The lowest BCUT2D eigenvalue weighted by Gasteiger charge is -2.22. The summed E-state index contributed by atoms with van der Waals surface area (Å²) in [5.74, 6) is 3.70. The molecule has 3 aliphatic rings. The van der Waals surface area contributed by atoms with Crippen molar-refractivity contribution in [2.45, 2.75) is 33.1 Å². The Morgan fingerprint density at radius 3 is 2.41 bits per heavy atom. The molecule has 3 nitrogen and oxygen atoms in total. The molecule has 0 radical (unpaired) electrons. The van der Waals surface area contributed by atoms with Gasteiger partial charge in [-0.05, 0) is 42.9 Å². The number of rotatable bonds is 4. The number of hydrogen-bond acceptors (Lipinski definition) is 2. The van der Waals surface area contributed by atoms with Crippen molar-refractivity contribution in [2.75, 3.05) is 13.2 Å². The van der Waals surface area contributed by atoms with Gasteiger partial charge >= 0.3 is 0 Å². The smallest absolute Gasteiger partial charge is 0.223 e. The predicted molar refractivity (Wildman–Crippen MR) is 65.2 cm³/mol. The SMILES string of the molecule is CC(C)(CO)CNC(=O)C1C2C3CCC(C3)C12. The van der Waals surface area contributed by atoms with E-state index in [1.165, 1.54) is 19.3 Å². The molecular formula is C14H23NO2. The molecule has 0 spiro atoms. The fourth-order valence-electron chi connectivity index (χ4n) is 4.18. The third kappa shape index (κ3) is 1.79. The standard InChI is InChI=1S/C14H23NO2/c1-14(2,7-16)6-15-13(17)12-10-8-3-4-9(5-8)11(10)12/h8-12,16H,3-7H2,1-2H3,(H,15,17). The van der Waals surface area contributed by atoms with Gasteiger partial charge in [0.25, 0.3) is 0 Å². The second-order valence-corrected chi connectivity index (χ2v) is 7.05. The number of amides is 1. The molecule has 0 saturated heterocycles. The Kier molecular flexibility index (Phi) is 2.51. The minimum absolute atomic E-state index is 0.121. The summed E-state index contributed by atoms with van der Waals surface area (Å²) in [6, 6.07) is 0. The maximum absolute atomic E-state index is 12.1. The van der Waals surface area contributed by atoms with E-state index in [0.29, 0.717) is 24.3 Å². The molecule has 3 rings (SSSR count). The first kappa shape index (κ1) is 11.5. The third-order valence-corrected chi connectivity index (χ3v) is 5.21. The van der Waals surface area contributed by atoms with Gasteiger partial charge in [-0.15, -0.1) is 0 Å². The van der Waals surface area contributed by atoms with Crippen LogP contribution in [0.2, 0.25) is 0 Å². The first-order chi connectivity index (χ1) is 8.03. The van der Waals surface area contributed by atoms with Crippen LogP contribution in [0.4, 0.5) is 0 Å². The lowest BCUT2D eigenvalue weighted by molar-refractivity contribution is -0.123. The molecule has 2 bridgehead atoms. The van der Waals surface area contributed by atoms with Crippen molar-refractivity contribution in [3.8, 4) is 0 Å². The summed E-state index contributed by atoms with van der Waals surface area (Å²) in [4.78, 5) is 12.1. The average molecular weight is 237 g/mol.